The van der Waals surface area contributed by atoms with E-state index in [2.05, 4.69) is 15.1 Å². The van der Waals surface area contributed by atoms with Crippen LogP contribution in [0.15, 0.2) is 43.0 Å². The highest BCUT2D eigenvalue weighted by Gasteiger charge is 2.29. The standard InChI is InChI=1S/C17H19N5O/c23-17(15-11-19-16-14(15)6-3-7-18-16)22-10-2-1-5-13(22)12-21-9-4-8-20-21/h3-4,6-9,11,13H,1-2,5,10,12H2,(H,18,19). The Hall–Kier alpha value is -2.63. The van der Waals surface area contributed by atoms with Gasteiger partial charge in [0.25, 0.3) is 5.91 Å². The van der Waals surface area contributed by atoms with Crippen LogP contribution in [-0.4, -0.2) is 43.1 Å². The van der Waals surface area contributed by atoms with Crippen molar-refractivity contribution >= 4 is 16.9 Å². The SMILES string of the molecule is O=C(c1c[nH]c2ncccc12)N1CCCCC1Cn1cccn1. The molecule has 1 unspecified atom stereocenters. The number of nitrogens with zero attached hydrogens (tertiary/aromatic N) is 4. The van der Waals surface area contributed by atoms with E-state index in [9.17, 15) is 4.79 Å². The van der Waals surface area contributed by atoms with E-state index in [1.165, 1.54) is 0 Å². The second-order valence-electron chi connectivity index (χ2n) is 5.98. The van der Waals surface area contributed by atoms with Crippen molar-refractivity contribution in [3.63, 3.8) is 0 Å². The lowest BCUT2D eigenvalue weighted by Crippen LogP contribution is -2.45. The molecule has 0 radical (unpaired) electrons. The largest absolute Gasteiger partial charge is 0.345 e. The van der Waals surface area contributed by atoms with Gasteiger partial charge in [-0.25, -0.2) is 4.98 Å². The first-order chi connectivity index (χ1) is 11.3. The maximum Gasteiger partial charge on any atom is 0.256 e. The number of aromatic amines is 1. The van der Waals surface area contributed by atoms with E-state index in [4.69, 9.17) is 0 Å². The van der Waals surface area contributed by atoms with Gasteiger partial charge in [-0.3, -0.25) is 9.48 Å². The highest BCUT2D eigenvalue weighted by atomic mass is 16.2. The number of hydrogen-bond acceptors (Lipinski definition) is 3. The number of carbonyl (C=O) groups excluding carboxylic acids is 1. The minimum absolute atomic E-state index is 0.0844. The Morgan fingerprint density at radius 1 is 1.30 bits per heavy atom. The zero-order chi connectivity index (χ0) is 15.6. The molecule has 6 heteroatoms. The topological polar surface area (TPSA) is 66.8 Å². The van der Waals surface area contributed by atoms with Crippen LogP contribution in [0.2, 0.25) is 0 Å². The molecule has 6 nitrogen and oxygen atoms in total. The van der Waals surface area contributed by atoms with Crippen LogP contribution in [0, 0.1) is 0 Å². The number of carbonyl (C=O) groups is 1. The summed E-state index contributed by atoms with van der Waals surface area (Å²) in [4.78, 5) is 22.4. The van der Waals surface area contributed by atoms with Crippen molar-refractivity contribution in [1.82, 2.24) is 24.6 Å². The molecule has 3 aromatic rings. The molecule has 1 saturated heterocycles. The monoisotopic (exact) mass is 309 g/mol. The lowest BCUT2D eigenvalue weighted by Gasteiger charge is -2.35. The fourth-order valence-electron chi connectivity index (χ4n) is 3.37. The molecule has 0 spiro atoms. The zero-order valence-electron chi connectivity index (χ0n) is 12.9. The van der Waals surface area contributed by atoms with Gasteiger partial charge in [-0.1, -0.05) is 0 Å². The first-order valence-electron chi connectivity index (χ1n) is 8.03. The average Bonchev–Trinajstić information content (AvgIpc) is 3.24. The number of aromatic nitrogens is 4. The van der Waals surface area contributed by atoms with Gasteiger partial charge in [0, 0.05) is 36.7 Å². The third-order valence-corrected chi connectivity index (χ3v) is 4.53. The number of H-pyrrole nitrogens is 1. The Morgan fingerprint density at radius 2 is 2.26 bits per heavy atom. The van der Waals surface area contributed by atoms with Crippen LogP contribution < -0.4 is 0 Å². The van der Waals surface area contributed by atoms with E-state index in [1.54, 1.807) is 18.6 Å². The highest BCUT2D eigenvalue weighted by Crippen LogP contribution is 2.24. The normalized spacial score (nSPS) is 18.4. The summed E-state index contributed by atoms with van der Waals surface area (Å²) in [5.74, 6) is 0.0844. The predicted octanol–water partition coefficient (Wildman–Crippen LogP) is 2.45. The summed E-state index contributed by atoms with van der Waals surface area (Å²) in [6.45, 7) is 1.55. The van der Waals surface area contributed by atoms with E-state index in [0.717, 1.165) is 43.4 Å². The van der Waals surface area contributed by atoms with Crippen molar-refractivity contribution in [1.29, 1.82) is 0 Å². The highest BCUT2D eigenvalue weighted by molar-refractivity contribution is 6.06. The molecule has 1 atom stereocenters. The number of hydrogen-bond donors (Lipinski definition) is 1. The van der Waals surface area contributed by atoms with Gasteiger partial charge in [-0.05, 0) is 37.5 Å². The van der Waals surface area contributed by atoms with E-state index in [-0.39, 0.29) is 11.9 Å². The molecule has 0 aromatic carbocycles. The van der Waals surface area contributed by atoms with Crippen LogP contribution in [0.3, 0.4) is 0 Å². The third kappa shape index (κ3) is 2.60. The number of nitrogens with one attached hydrogen (secondary N) is 1. The summed E-state index contributed by atoms with van der Waals surface area (Å²) in [5, 5.41) is 5.17. The fourth-order valence-corrected chi connectivity index (χ4v) is 3.37. The van der Waals surface area contributed by atoms with Crippen molar-refractivity contribution in [3.8, 4) is 0 Å². The van der Waals surface area contributed by atoms with Crippen LogP contribution in [0.5, 0.6) is 0 Å². The zero-order valence-corrected chi connectivity index (χ0v) is 12.9. The average molecular weight is 309 g/mol. The third-order valence-electron chi connectivity index (χ3n) is 4.53. The first-order valence-corrected chi connectivity index (χ1v) is 8.03. The second kappa shape index (κ2) is 5.87. The van der Waals surface area contributed by atoms with E-state index in [0.29, 0.717) is 5.56 Å². The van der Waals surface area contributed by atoms with E-state index in [1.807, 2.05) is 34.0 Å². The number of pyridine rings is 1. The number of likely N-dealkylation sites (tertiary alicyclic amines) is 1. The van der Waals surface area contributed by atoms with Gasteiger partial charge in [-0.15, -0.1) is 0 Å². The molecule has 1 aliphatic heterocycles. The van der Waals surface area contributed by atoms with Gasteiger partial charge >= 0.3 is 0 Å². The smallest absolute Gasteiger partial charge is 0.256 e. The molecule has 1 fully saturated rings. The van der Waals surface area contributed by atoms with Crippen LogP contribution in [0.1, 0.15) is 29.6 Å². The molecular weight excluding hydrogens is 290 g/mol. The van der Waals surface area contributed by atoms with E-state index < -0.39 is 0 Å². The van der Waals surface area contributed by atoms with Gasteiger partial charge < -0.3 is 9.88 Å². The van der Waals surface area contributed by atoms with Crippen LogP contribution in [-0.2, 0) is 6.54 Å². The lowest BCUT2D eigenvalue weighted by atomic mass is 10.0. The number of fused-ring (bicyclic) bond motifs is 1. The number of rotatable bonds is 3. The number of amides is 1. The molecule has 0 bridgehead atoms. The molecule has 4 heterocycles. The van der Waals surface area contributed by atoms with Crippen LogP contribution >= 0.6 is 0 Å². The van der Waals surface area contributed by atoms with Crippen LogP contribution in [0.25, 0.3) is 11.0 Å². The maximum atomic E-state index is 13.1. The maximum absolute atomic E-state index is 13.1. The molecule has 23 heavy (non-hydrogen) atoms. The Morgan fingerprint density at radius 3 is 3.13 bits per heavy atom. The summed E-state index contributed by atoms with van der Waals surface area (Å²) in [5.41, 5.74) is 1.47. The second-order valence-corrected chi connectivity index (χ2v) is 5.98. The molecule has 1 N–H and O–H groups in total. The quantitative estimate of drug-likeness (QED) is 0.808. The Bertz CT molecular complexity index is 807. The minimum atomic E-state index is 0.0844. The first kappa shape index (κ1) is 14.0. The lowest BCUT2D eigenvalue weighted by molar-refractivity contribution is 0.0586. The van der Waals surface area contributed by atoms with Crippen molar-refractivity contribution < 1.29 is 4.79 Å². The molecule has 118 valence electrons. The van der Waals surface area contributed by atoms with Gasteiger partial charge in [0.2, 0.25) is 0 Å². The summed E-state index contributed by atoms with van der Waals surface area (Å²) < 4.78 is 1.91. The Balaban J connectivity index is 1.62. The summed E-state index contributed by atoms with van der Waals surface area (Å²) in [6, 6.07) is 5.92. The van der Waals surface area contributed by atoms with Crippen molar-refractivity contribution in [2.24, 2.45) is 0 Å². The molecule has 0 saturated carbocycles. The number of piperidine rings is 1. The molecule has 1 aliphatic rings. The van der Waals surface area contributed by atoms with Crippen LogP contribution in [0.4, 0.5) is 0 Å². The van der Waals surface area contributed by atoms with Crippen molar-refractivity contribution in [3.05, 3.63) is 48.5 Å². The van der Waals surface area contributed by atoms with Gasteiger partial charge in [0.05, 0.1) is 18.2 Å². The predicted molar refractivity (Wildman–Crippen MR) is 87.0 cm³/mol. The van der Waals surface area contributed by atoms with Gasteiger partial charge in [0.15, 0.2) is 0 Å². The minimum Gasteiger partial charge on any atom is -0.345 e. The Labute approximate surface area is 134 Å². The van der Waals surface area contributed by atoms with Gasteiger partial charge in [-0.2, -0.15) is 5.10 Å². The molecular formula is C17H19N5O. The molecule has 0 aliphatic carbocycles. The summed E-state index contributed by atoms with van der Waals surface area (Å²) >= 11 is 0. The molecule has 3 aromatic heterocycles. The summed E-state index contributed by atoms with van der Waals surface area (Å²) in [7, 11) is 0. The van der Waals surface area contributed by atoms with Gasteiger partial charge in [0.1, 0.15) is 5.65 Å². The molecule has 4 rings (SSSR count). The van der Waals surface area contributed by atoms with E-state index >= 15 is 0 Å². The van der Waals surface area contributed by atoms with Crippen molar-refractivity contribution in [2.45, 2.75) is 31.8 Å². The molecule has 1 amide bonds. The summed E-state index contributed by atoms with van der Waals surface area (Å²) in [6.07, 6.45) is 10.5. The van der Waals surface area contributed by atoms with Crippen molar-refractivity contribution in [2.75, 3.05) is 6.54 Å². The fraction of sp³-hybridized carbons (Fsp3) is 0.353. The Kier molecular flexibility index (Phi) is 3.57.